The van der Waals surface area contributed by atoms with Gasteiger partial charge >= 0.3 is 6.09 Å². The summed E-state index contributed by atoms with van der Waals surface area (Å²) in [6.07, 6.45) is 0.888. The predicted octanol–water partition coefficient (Wildman–Crippen LogP) is -0.109. The zero-order valence-electron chi connectivity index (χ0n) is 6.65. The van der Waals surface area contributed by atoms with E-state index in [9.17, 15) is 9.59 Å². The standard InChI is InChI=1S/C6H10N2O4/c1-2-11-6(10)7-3-4-12-8-5-9/h3,5H,2,4H2,1H3,(H,8,9)/b7-3-. The summed E-state index contributed by atoms with van der Waals surface area (Å²) < 4.78 is 4.47. The molecule has 0 saturated carbocycles. The summed E-state index contributed by atoms with van der Waals surface area (Å²) in [5.74, 6) is 0. The molecule has 6 nitrogen and oxygen atoms in total. The molecular weight excluding hydrogens is 164 g/mol. The molecule has 0 aromatic rings. The van der Waals surface area contributed by atoms with E-state index in [-0.39, 0.29) is 13.2 Å². The molecule has 0 aliphatic rings. The van der Waals surface area contributed by atoms with Crippen LogP contribution in [0, 0.1) is 0 Å². The van der Waals surface area contributed by atoms with Crippen molar-refractivity contribution >= 4 is 18.7 Å². The van der Waals surface area contributed by atoms with Gasteiger partial charge in [-0.1, -0.05) is 0 Å². The first-order valence-electron chi connectivity index (χ1n) is 3.31. The number of hydrogen-bond acceptors (Lipinski definition) is 4. The fourth-order valence-corrected chi connectivity index (χ4v) is 0.392. The van der Waals surface area contributed by atoms with Crippen molar-refractivity contribution in [2.75, 3.05) is 13.2 Å². The molecular formula is C6H10N2O4. The molecule has 0 fully saturated rings. The fraction of sp³-hybridized carbons (Fsp3) is 0.500. The van der Waals surface area contributed by atoms with Crippen LogP contribution >= 0.6 is 0 Å². The number of aliphatic imine (C=N–C) groups is 1. The minimum atomic E-state index is -0.674. The highest BCUT2D eigenvalue weighted by Gasteiger charge is 1.92. The number of amides is 2. The smallest absolute Gasteiger partial charge is 0.433 e. The van der Waals surface area contributed by atoms with Gasteiger partial charge in [0.1, 0.15) is 6.61 Å². The SMILES string of the molecule is CCOC(=O)/N=C\CONC=O. The molecule has 1 N–H and O–H groups in total. The van der Waals surface area contributed by atoms with Gasteiger partial charge in [-0.2, -0.15) is 4.99 Å². The average molecular weight is 174 g/mol. The third-order valence-electron chi connectivity index (χ3n) is 0.754. The molecule has 6 heteroatoms. The van der Waals surface area contributed by atoms with Gasteiger partial charge in [0.05, 0.1) is 6.61 Å². The van der Waals surface area contributed by atoms with Crippen molar-refractivity contribution in [1.82, 2.24) is 5.48 Å². The van der Waals surface area contributed by atoms with Crippen LogP contribution in [0.5, 0.6) is 0 Å². The first-order valence-corrected chi connectivity index (χ1v) is 3.31. The van der Waals surface area contributed by atoms with Crippen molar-refractivity contribution in [2.24, 2.45) is 4.99 Å². The second kappa shape index (κ2) is 7.67. The Labute approximate surface area is 69.5 Å². The van der Waals surface area contributed by atoms with Crippen LogP contribution in [0.4, 0.5) is 4.79 Å². The number of nitrogens with zero attached hydrogens (tertiary/aromatic N) is 1. The highest BCUT2D eigenvalue weighted by atomic mass is 16.6. The number of ether oxygens (including phenoxy) is 1. The Morgan fingerprint density at radius 3 is 3.00 bits per heavy atom. The molecule has 0 spiro atoms. The van der Waals surface area contributed by atoms with Crippen LogP contribution in [0.15, 0.2) is 4.99 Å². The normalized spacial score (nSPS) is 9.75. The summed E-state index contributed by atoms with van der Waals surface area (Å²) in [6.45, 7) is 1.99. The van der Waals surface area contributed by atoms with Crippen LogP contribution in [0.2, 0.25) is 0 Å². The molecule has 0 aliphatic heterocycles. The largest absolute Gasteiger partial charge is 0.448 e. The van der Waals surface area contributed by atoms with Gasteiger partial charge in [0.2, 0.25) is 6.41 Å². The molecule has 0 rings (SSSR count). The van der Waals surface area contributed by atoms with E-state index < -0.39 is 6.09 Å². The zero-order valence-corrected chi connectivity index (χ0v) is 6.65. The number of carbonyl (C=O) groups is 2. The lowest BCUT2D eigenvalue weighted by Crippen LogP contribution is -2.13. The van der Waals surface area contributed by atoms with Gasteiger partial charge in [-0.3, -0.25) is 9.63 Å². The van der Waals surface area contributed by atoms with Gasteiger partial charge < -0.3 is 4.74 Å². The van der Waals surface area contributed by atoms with Crippen LogP contribution in [-0.2, 0) is 14.4 Å². The van der Waals surface area contributed by atoms with E-state index >= 15 is 0 Å². The first-order chi connectivity index (χ1) is 5.81. The summed E-state index contributed by atoms with van der Waals surface area (Å²) in [7, 11) is 0. The molecule has 0 saturated heterocycles. The van der Waals surface area contributed by atoms with Gasteiger partial charge in [0.25, 0.3) is 0 Å². The third-order valence-corrected chi connectivity index (χ3v) is 0.754. The second-order valence-electron chi connectivity index (χ2n) is 1.56. The van der Waals surface area contributed by atoms with Crippen molar-refractivity contribution in [3.63, 3.8) is 0 Å². The van der Waals surface area contributed by atoms with Crippen LogP contribution in [-0.4, -0.2) is 31.9 Å². The maximum absolute atomic E-state index is 10.5. The number of hydroxylamine groups is 1. The van der Waals surface area contributed by atoms with Gasteiger partial charge in [-0.25, -0.2) is 10.3 Å². The van der Waals surface area contributed by atoms with Crippen molar-refractivity contribution < 1.29 is 19.2 Å². The number of carbonyl (C=O) groups excluding carboxylic acids is 2. The lowest BCUT2D eigenvalue weighted by atomic mass is 10.8. The van der Waals surface area contributed by atoms with Crippen LogP contribution in [0.1, 0.15) is 6.92 Å². The molecule has 0 atom stereocenters. The van der Waals surface area contributed by atoms with E-state index in [1.54, 1.807) is 6.92 Å². The monoisotopic (exact) mass is 174 g/mol. The maximum atomic E-state index is 10.5. The van der Waals surface area contributed by atoms with E-state index in [4.69, 9.17) is 0 Å². The third kappa shape index (κ3) is 6.69. The Balaban J connectivity index is 3.34. The Morgan fingerprint density at radius 2 is 2.42 bits per heavy atom. The van der Waals surface area contributed by atoms with E-state index in [1.165, 1.54) is 6.21 Å². The van der Waals surface area contributed by atoms with E-state index in [1.807, 2.05) is 5.48 Å². The van der Waals surface area contributed by atoms with Crippen molar-refractivity contribution in [1.29, 1.82) is 0 Å². The molecule has 2 amide bonds. The molecule has 0 aromatic heterocycles. The highest BCUT2D eigenvalue weighted by Crippen LogP contribution is 1.80. The molecule has 0 aliphatic carbocycles. The van der Waals surface area contributed by atoms with Crippen LogP contribution < -0.4 is 5.48 Å². The highest BCUT2D eigenvalue weighted by molar-refractivity contribution is 5.79. The minimum Gasteiger partial charge on any atom is -0.448 e. The summed E-state index contributed by atoms with van der Waals surface area (Å²) >= 11 is 0. The Bertz CT molecular complexity index is 169. The summed E-state index contributed by atoms with van der Waals surface area (Å²) in [5.41, 5.74) is 1.93. The molecule has 0 heterocycles. The second-order valence-corrected chi connectivity index (χ2v) is 1.56. The molecule has 0 unspecified atom stereocenters. The van der Waals surface area contributed by atoms with Gasteiger partial charge in [-0.15, -0.1) is 0 Å². The lowest BCUT2D eigenvalue weighted by molar-refractivity contribution is -0.119. The maximum Gasteiger partial charge on any atom is 0.433 e. The minimum absolute atomic E-state index is 0.0254. The molecule has 0 bridgehead atoms. The fourth-order valence-electron chi connectivity index (χ4n) is 0.392. The topological polar surface area (TPSA) is 77.0 Å². The van der Waals surface area contributed by atoms with Gasteiger partial charge in [0, 0.05) is 6.21 Å². The molecule has 0 radical (unpaired) electrons. The summed E-state index contributed by atoms with van der Waals surface area (Å²) in [4.78, 5) is 27.9. The quantitative estimate of drug-likeness (QED) is 0.273. The van der Waals surface area contributed by atoms with Gasteiger partial charge in [0.15, 0.2) is 0 Å². The molecule has 0 aromatic carbocycles. The summed E-state index contributed by atoms with van der Waals surface area (Å²) in [5, 5.41) is 0. The number of nitrogens with one attached hydrogen (secondary N) is 1. The van der Waals surface area contributed by atoms with E-state index in [2.05, 4.69) is 14.6 Å². The Kier molecular flexibility index (Phi) is 6.76. The summed E-state index contributed by atoms with van der Waals surface area (Å²) in [6, 6.07) is 0. The van der Waals surface area contributed by atoms with Crippen LogP contribution in [0.3, 0.4) is 0 Å². The molecule has 12 heavy (non-hydrogen) atoms. The number of hydrogen-bond donors (Lipinski definition) is 1. The first kappa shape index (κ1) is 10.6. The average Bonchev–Trinajstić information content (AvgIpc) is 2.05. The van der Waals surface area contributed by atoms with Crippen molar-refractivity contribution in [3.8, 4) is 0 Å². The zero-order chi connectivity index (χ0) is 9.23. The Morgan fingerprint density at radius 1 is 1.67 bits per heavy atom. The number of rotatable bonds is 5. The van der Waals surface area contributed by atoms with Crippen molar-refractivity contribution in [2.45, 2.75) is 6.92 Å². The van der Waals surface area contributed by atoms with E-state index in [0.717, 1.165) is 0 Å². The van der Waals surface area contributed by atoms with E-state index in [0.29, 0.717) is 6.41 Å². The van der Waals surface area contributed by atoms with Gasteiger partial charge in [-0.05, 0) is 6.92 Å². The molecule has 68 valence electrons. The van der Waals surface area contributed by atoms with Crippen LogP contribution in [0.25, 0.3) is 0 Å². The lowest BCUT2D eigenvalue weighted by Gasteiger charge is -1.94. The van der Waals surface area contributed by atoms with Crippen molar-refractivity contribution in [3.05, 3.63) is 0 Å². The Hall–Kier alpha value is -1.43. The predicted molar refractivity (Wildman–Crippen MR) is 40.7 cm³/mol.